The number of carbonyl (C=O) groups is 2. The third-order valence-electron chi connectivity index (χ3n) is 2.94. The molecule has 0 spiro atoms. The summed E-state index contributed by atoms with van der Waals surface area (Å²) < 4.78 is 5.53. The minimum atomic E-state index is -1.01. The highest BCUT2D eigenvalue weighted by molar-refractivity contribution is 5.90. The molecule has 1 aliphatic rings. The molecule has 0 aromatic heterocycles. The predicted octanol–water partition coefficient (Wildman–Crippen LogP) is 1.29. The fourth-order valence-corrected chi connectivity index (χ4v) is 1.97. The average molecular weight is 249 g/mol. The maximum Gasteiger partial charge on any atom is 0.339 e. The maximum absolute atomic E-state index is 11.2. The summed E-state index contributed by atoms with van der Waals surface area (Å²) in [6, 6.07) is 6.53. The lowest BCUT2D eigenvalue weighted by Gasteiger charge is -2.22. The van der Waals surface area contributed by atoms with Gasteiger partial charge in [0, 0.05) is 18.9 Å². The Morgan fingerprint density at radius 1 is 1.44 bits per heavy atom. The van der Waals surface area contributed by atoms with Crippen LogP contribution >= 0.6 is 0 Å². The summed E-state index contributed by atoms with van der Waals surface area (Å²) >= 11 is 0. The normalized spacial score (nSPS) is 19.1. The summed E-state index contributed by atoms with van der Waals surface area (Å²) in [6.07, 6.45) is 1.30. The summed E-state index contributed by atoms with van der Waals surface area (Å²) in [5.74, 6) is -0.468. The van der Waals surface area contributed by atoms with E-state index in [1.165, 1.54) is 6.07 Å². The molecule has 1 heterocycles. The highest BCUT2D eigenvalue weighted by Crippen LogP contribution is 2.20. The van der Waals surface area contributed by atoms with Gasteiger partial charge in [0.05, 0.1) is 6.61 Å². The smallest absolute Gasteiger partial charge is 0.339 e. The van der Waals surface area contributed by atoms with E-state index in [-0.39, 0.29) is 17.4 Å². The van der Waals surface area contributed by atoms with Crippen LogP contribution in [0.3, 0.4) is 0 Å². The van der Waals surface area contributed by atoms with Crippen molar-refractivity contribution >= 4 is 11.9 Å². The zero-order chi connectivity index (χ0) is 13.0. The number of para-hydroxylation sites is 1. The first-order chi connectivity index (χ1) is 8.66. The zero-order valence-electron chi connectivity index (χ0n) is 9.89. The third-order valence-corrected chi connectivity index (χ3v) is 2.94. The molecule has 0 aliphatic carbocycles. The molecule has 2 N–H and O–H groups in total. The van der Waals surface area contributed by atoms with Gasteiger partial charge in [0.2, 0.25) is 5.91 Å². The molecule has 1 aromatic rings. The molecule has 1 saturated heterocycles. The molecule has 5 heteroatoms. The number of benzene rings is 1. The first-order valence-corrected chi connectivity index (χ1v) is 5.88. The van der Waals surface area contributed by atoms with Crippen molar-refractivity contribution in [2.75, 3.05) is 13.2 Å². The van der Waals surface area contributed by atoms with E-state index >= 15 is 0 Å². The van der Waals surface area contributed by atoms with E-state index in [0.29, 0.717) is 25.3 Å². The number of aromatic carboxylic acids is 1. The van der Waals surface area contributed by atoms with Crippen LogP contribution in [0.2, 0.25) is 0 Å². The van der Waals surface area contributed by atoms with Crippen molar-refractivity contribution in [1.29, 1.82) is 0 Å². The first kappa shape index (κ1) is 12.4. The second-order valence-corrected chi connectivity index (χ2v) is 4.32. The van der Waals surface area contributed by atoms with Gasteiger partial charge in [-0.3, -0.25) is 4.79 Å². The topological polar surface area (TPSA) is 75.6 Å². The molecule has 0 radical (unpaired) electrons. The Balaban J connectivity index is 1.97. The zero-order valence-corrected chi connectivity index (χ0v) is 9.89. The number of amides is 1. The first-order valence-electron chi connectivity index (χ1n) is 5.88. The number of piperidine rings is 1. The molecule has 1 unspecified atom stereocenters. The Morgan fingerprint density at radius 2 is 2.22 bits per heavy atom. The van der Waals surface area contributed by atoms with Crippen molar-refractivity contribution < 1.29 is 19.4 Å². The standard InChI is InChI=1S/C13H15NO4/c15-12-7-9(5-6-14-12)8-18-11-4-2-1-3-10(11)13(16)17/h1-4,9H,5-8H2,(H,14,15)(H,16,17). The van der Waals surface area contributed by atoms with E-state index in [9.17, 15) is 9.59 Å². The number of carboxylic acids is 1. The summed E-state index contributed by atoms with van der Waals surface area (Å²) in [6.45, 7) is 1.03. The fourth-order valence-electron chi connectivity index (χ4n) is 1.97. The summed E-state index contributed by atoms with van der Waals surface area (Å²) in [5, 5.41) is 11.8. The summed E-state index contributed by atoms with van der Waals surface area (Å²) in [5.41, 5.74) is 0.151. The Morgan fingerprint density at radius 3 is 2.94 bits per heavy atom. The predicted molar refractivity (Wildman–Crippen MR) is 64.6 cm³/mol. The van der Waals surface area contributed by atoms with Gasteiger partial charge < -0.3 is 15.2 Å². The lowest BCUT2D eigenvalue weighted by atomic mass is 9.99. The monoisotopic (exact) mass is 249 g/mol. The molecule has 0 bridgehead atoms. The highest BCUT2D eigenvalue weighted by atomic mass is 16.5. The molecular formula is C13H15NO4. The highest BCUT2D eigenvalue weighted by Gasteiger charge is 2.20. The lowest BCUT2D eigenvalue weighted by molar-refractivity contribution is -0.123. The van der Waals surface area contributed by atoms with Gasteiger partial charge >= 0.3 is 5.97 Å². The number of hydrogen-bond acceptors (Lipinski definition) is 3. The van der Waals surface area contributed by atoms with Crippen LogP contribution in [0.25, 0.3) is 0 Å². The van der Waals surface area contributed by atoms with Crippen molar-refractivity contribution in [1.82, 2.24) is 5.32 Å². The number of hydrogen-bond donors (Lipinski definition) is 2. The molecule has 2 rings (SSSR count). The van der Waals surface area contributed by atoms with Crippen LogP contribution in [0, 0.1) is 5.92 Å². The summed E-state index contributed by atoms with van der Waals surface area (Å²) in [7, 11) is 0. The second kappa shape index (κ2) is 5.53. The van der Waals surface area contributed by atoms with Crippen molar-refractivity contribution in [2.24, 2.45) is 5.92 Å². The van der Waals surface area contributed by atoms with E-state index in [0.717, 1.165) is 6.42 Å². The van der Waals surface area contributed by atoms with Crippen molar-refractivity contribution in [3.63, 3.8) is 0 Å². The molecular weight excluding hydrogens is 234 g/mol. The number of carbonyl (C=O) groups excluding carboxylic acids is 1. The van der Waals surface area contributed by atoms with Gasteiger partial charge in [-0.2, -0.15) is 0 Å². The summed E-state index contributed by atoms with van der Waals surface area (Å²) in [4.78, 5) is 22.2. The average Bonchev–Trinajstić information content (AvgIpc) is 2.37. The largest absolute Gasteiger partial charge is 0.492 e. The molecule has 1 amide bonds. The van der Waals surface area contributed by atoms with Gasteiger partial charge in [-0.15, -0.1) is 0 Å². The van der Waals surface area contributed by atoms with Crippen LogP contribution in [0.15, 0.2) is 24.3 Å². The van der Waals surface area contributed by atoms with Crippen molar-refractivity contribution in [2.45, 2.75) is 12.8 Å². The van der Waals surface area contributed by atoms with Gasteiger partial charge in [0.25, 0.3) is 0 Å². The van der Waals surface area contributed by atoms with Gasteiger partial charge in [0.15, 0.2) is 0 Å². The SMILES string of the molecule is O=C1CC(COc2ccccc2C(=O)O)CCN1. The van der Waals surface area contributed by atoms with Gasteiger partial charge in [-0.25, -0.2) is 4.79 Å². The van der Waals surface area contributed by atoms with Crippen LogP contribution in [0.1, 0.15) is 23.2 Å². The number of rotatable bonds is 4. The molecule has 5 nitrogen and oxygen atoms in total. The number of carboxylic acid groups (broad SMARTS) is 1. The second-order valence-electron chi connectivity index (χ2n) is 4.32. The number of ether oxygens (including phenoxy) is 1. The lowest BCUT2D eigenvalue weighted by Crippen LogP contribution is -2.35. The van der Waals surface area contributed by atoms with E-state index in [2.05, 4.69) is 5.32 Å². The molecule has 1 fully saturated rings. The third kappa shape index (κ3) is 3.00. The van der Waals surface area contributed by atoms with Crippen molar-refractivity contribution in [3.8, 4) is 5.75 Å². The van der Waals surface area contributed by atoms with Crippen LogP contribution in [-0.4, -0.2) is 30.1 Å². The van der Waals surface area contributed by atoms with E-state index in [1.807, 2.05) is 0 Å². The maximum atomic E-state index is 11.2. The van der Waals surface area contributed by atoms with Gasteiger partial charge in [-0.05, 0) is 18.6 Å². The van der Waals surface area contributed by atoms with E-state index in [1.54, 1.807) is 18.2 Å². The van der Waals surface area contributed by atoms with Gasteiger partial charge in [0.1, 0.15) is 11.3 Å². The number of nitrogens with one attached hydrogen (secondary N) is 1. The molecule has 18 heavy (non-hydrogen) atoms. The quantitative estimate of drug-likeness (QED) is 0.843. The van der Waals surface area contributed by atoms with Gasteiger partial charge in [-0.1, -0.05) is 12.1 Å². The molecule has 1 aliphatic heterocycles. The van der Waals surface area contributed by atoms with Crippen LogP contribution in [0.5, 0.6) is 5.75 Å². The fraction of sp³-hybridized carbons (Fsp3) is 0.385. The van der Waals surface area contributed by atoms with E-state index in [4.69, 9.17) is 9.84 Å². The molecule has 96 valence electrons. The molecule has 1 atom stereocenters. The minimum absolute atomic E-state index is 0.0290. The van der Waals surface area contributed by atoms with Crippen LogP contribution in [0.4, 0.5) is 0 Å². The van der Waals surface area contributed by atoms with Crippen molar-refractivity contribution in [3.05, 3.63) is 29.8 Å². The van der Waals surface area contributed by atoms with Crippen LogP contribution < -0.4 is 10.1 Å². The Labute approximate surface area is 105 Å². The minimum Gasteiger partial charge on any atom is -0.492 e. The van der Waals surface area contributed by atoms with Crippen LogP contribution in [-0.2, 0) is 4.79 Å². The Bertz CT molecular complexity index is 458. The Kier molecular flexibility index (Phi) is 3.82. The molecule has 0 saturated carbocycles. The van der Waals surface area contributed by atoms with E-state index < -0.39 is 5.97 Å². The Hall–Kier alpha value is -2.04. The molecule has 1 aromatic carbocycles.